The molecular formula is C27H33N3O7. The second-order valence-corrected chi connectivity index (χ2v) is 9.75. The summed E-state index contributed by atoms with van der Waals surface area (Å²) in [4.78, 5) is 50.1. The third-order valence-corrected chi connectivity index (χ3v) is 7.01. The van der Waals surface area contributed by atoms with Crippen molar-refractivity contribution in [1.82, 2.24) is 10.6 Å². The summed E-state index contributed by atoms with van der Waals surface area (Å²) in [6, 6.07) is 9.62. The first-order chi connectivity index (χ1) is 17.5. The first-order valence-electron chi connectivity index (χ1n) is 12.2. The van der Waals surface area contributed by atoms with E-state index in [-0.39, 0.29) is 25.1 Å². The highest BCUT2D eigenvalue weighted by atomic mass is 16.4. The summed E-state index contributed by atoms with van der Waals surface area (Å²) >= 11 is 0. The lowest BCUT2D eigenvalue weighted by molar-refractivity contribution is -0.147. The van der Waals surface area contributed by atoms with Crippen LogP contribution < -0.4 is 16.4 Å². The molecule has 1 fully saturated rings. The van der Waals surface area contributed by atoms with Gasteiger partial charge in [-0.05, 0) is 67.6 Å². The van der Waals surface area contributed by atoms with Gasteiger partial charge in [-0.1, -0.05) is 25.0 Å². The van der Waals surface area contributed by atoms with Gasteiger partial charge in [-0.15, -0.1) is 0 Å². The molecule has 2 aromatic carbocycles. The fourth-order valence-corrected chi connectivity index (χ4v) is 4.93. The number of nitrogen functional groups attached to an aromatic ring is 1. The maximum Gasteiger partial charge on any atom is 0.326 e. The van der Waals surface area contributed by atoms with Gasteiger partial charge in [-0.3, -0.25) is 14.4 Å². The molecule has 10 heteroatoms. The van der Waals surface area contributed by atoms with Gasteiger partial charge in [0, 0.05) is 24.2 Å². The topological polar surface area (TPSA) is 179 Å². The van der Waals surface area contributed by atoms with E-state index in [4.69, 9.17) is 5.73 Å². The van der Waals surface area contributed by atoms with E-state index in [0.29, 0.717) is 48.1 Å². The SMILES string of the molecule is Cc1cc(N)ccc1C(=O)NC[C@H](CC1(C(=O)N[C@@H](Cc2ccc(O)cc2)C(=O)O)CCCC1)C(=O)O. The third kappa shape index (κ3) is 6.99. The van der Waals surface area contributed by atoms with Gasteiger partial charge in [0.1, 0.15) is 11.8 Å². The van der Waals surface area contributed by atoms with Crippen LogP contribution in [0.5, 0.6) is 5.75 Å². The molecule has 3 rings (SSSR count). The molecule has 7 N–H and O–H groups in total. The van der Waals surface area contributed by atoms with E-state index >= 15 is 0 Å². The maximum absolute atomic E-state index is 13.4. The Hall–Kier alpha value is -4.08. The molecule has 0 aliphatic heterocycles. The van der Waals surface area contributed by atoms with Crippen molar-refractivity contribution in [2.75, 3.05) is 12.3 Å². The number of nitrogens with one attached hydrogen (secondary N) is 2. The van der Waals surface area contributed by atoms with Crippen LogP contribution in [0.25, 0.3) is 0 Å². The maximum atomic E-state index is 13.4. The Kier molecular flexibility index (Phi) is 8.75. The Bertz CT molecular complexity index is 1160. The monoisotopic (exact) mass is 511 g/mol. The van der Waals surface area contributed by atoms with E-state index in [9.17, 15) is 34.5 Å². The average molecular weight is 512 g/mol. The Balaban J connectivity index is 1.71. The third-order valence-electron chi connectivity index (χ3n) is 7.01. The number of hydrogen-bond acceptors (Lipinski definition) is 6. The number of phenolic OH excluding ortho intramolecular Hbond substituents is 1. The largest absolute Gasteiger partial charge is 0.508 e. The van der Waals surface area contributed by atoms with Gasteiger partial charge in [0.25, 0.3) is 5.91 Å². The normalized spacial score (nSPS) is 15.9. The summed E-state index contributed by atoms with van der Waals surface area (Å²) < 4.78 is 0. The molecule has 0 aromatic heterocycles. The number of anilines is 1. The number of benzene rings is 2. The first-order valence-corrected chi connectivity index (χ1v) is 12.2. The summed E-state index contributed by atoms with van der Waals surface area (Å²) in [5.41, 5.74) is 6.85. The quantitative estimate of drug-likeness (QED) is 0.249. The van der Waals surface area contributed by atoms with Crippen LogP contribution in [0, 0.1) is 18.3 Å². The smallest absolute Gasteiger partial charge is 0.326 e. The first kappa shape index (κ1) is 27.5. The Morgan fingerprint density at radius 1 is 1.00 bits per heavy atom. The van der Waals surface area contributed by atoms with Crippen molar-refractivity contribution >= 4 is 29.4 Å². The summed E-state index contributed by atoms with van der Waals surface area (Å²) in [6.07, 6.45) is 2.27. The molecule has 10 nitrogen and oxygen atoms in total. The molecule has 0 bridgehead atoms. The minimum atomic E-state index is -1.22. The van der Waals surface area contributed by atoms with Gasteiger partial charge in [0.05, 0.1) is 11.3 Å². The second-order valence-electron chi connectivity index (χ2n) is 9.75. The zero-order chi connectivity index (χ0) is 27.2. The van der Waals surface area contributed by atoms with Gasteiger partial charge in [-0.2, -0.15) is 0 Å². The molecule has 0 radical (unpaired) electrons. The van der Waals surface area contributed by atoms with E-state index in [2.05, 4.69) is 10.6 Å². The zero-order valence-electron chi connectivity index (χ0n) is 20.7. The fourth-order valence-electron chi connectivity index (χ4n) is 4.93. The van der Waals surface area contributed by atoms with Crippen LogP contribution in [0.2, 0.25) is 0 Å². The van der Waals surface area contributed by atoms with E-state index in [1.54, 1.807) is 37.3 Å². The van der Waals surface area contributed by atoms with Crippen molar-refractivity contribution in [2.45, 2.75) is 51.5 Å². The number of carbonyl (C=O) groups excluding carboxylic acids is 2. The molecule has 2 atom stereocenters. The van der Waals surface area contributed by atoms with Crippen LogP contribution in [-0.2, 0) is 20.8 Å². The summed E-state index contributed by atoms with van der Waals surface area (Å²) in [6.45, 7) is 1.55. The molecule has 1 aliphatic carbocycles. The minimum absolute atomic E-state index is 0.0107. The Labute approximate surface area is 214 Å². The number of nitrogens with two attached hydrogens (primary N) is 1. The number of rotatable bonds is 11. The zero-order valence-corrected chi connectivity index (χ0v) is 20.7. The van der Waals surface area contributed by atoms with Crippen molar-refractivity contribution in [2.24, 2.45) is 11.3 Å². The molecule has 0 spiro atoms. The Morgan fingerprint density at radius 3 is 2.22 bits per heavy atom. The van der Waals surface area contributed by atoms with Crippen molar-refractivity contribution < 1.29 is 34.5 Å². The number of aromatic hydroxyl groups is 1. The highest BCUT2D eigenvalue weighted by Crippen LogP contribution is 2.43. The lowest BCUT2D eigenvalue weighted by atomic mass is 9.76. The van der Waals surface area contributed by atoms with Crippen LogP contribution in [0.1, 0.15) is 53.6 Å². The van der Waals surface area contributed by atoms with Gasteiger partial charge in [-0.25, -0.2) is 4.79 Å². The van der Waals surface area contributed by atoms with E-state index in [1.807, 2.05) is 0 Å². The number of amides is 2. The predicted molar refractivity (Wildman–Crippen MR) is 136 cm³/mol. The van der Waals surface area contributed by atoms with Gasteiger partial charge in [0.15, 0.2) is 0 Å². The highest BCUT2D eigenvalue weighted by Gasteiger charge is 2.45. The molecule has 0 unspecified atom stereocenters. The van der Waals surface area contributed by atoms with Crippen molar-refractivity contribution in [3.63, 3.8) is 0 Å². The number of aliphatic carboxylic acids is 2. The Morgan fingerprint density at radius 2 is 1.65 bits per heavy atom. The van der Waals surface area contributed by atoms with Crippen LogP contribution in [0.4, 0.5) is 5.69 Å². The van der Waals surface area contributed by atoms with Crippen molar-refractivity contribution in [3.8, 4) is 5.75 Å². The predicted octanol–water partition coefficient (Wildman–Crippen LogP) is 2.48. The second kappa shape index (κ2) is 11.8. The van der Waals surface area contributed by atoms with Crippen LogP contribution >= 0.6 is 0 Å². The summed E-state index contributed by atoms with van der Waals surface area (Å²) in [7, 11) is 0. The number of carboxylic acids is 2. The van der Waals surface area contributed by atoms with E-state index in [1.165, 1.54) is 12.1 Å². The molecule has 1 aliphatic rings. The number of hydrogen-bond donors (Lipinski definition) is 6. The average Bonchev–Trinajstić information content (AvgIpc) is 3.32. The molecule has 1 saturated carbocycles. The van der Waals surface area contributed by atoms with Gasteiger partial charge in [0.2, 0.25) is 5.91 Å². The highest BCUT2D eigenvalue weighted by molar-refractivity contribution is 5.96. The van der Waals surface area contributed by atoms with Gasteiger partial charge >= 0.3 is 11.9 Å². The van der Waals surface area contributed by atoms with E-state index < -0.39 is 41.1 Å². The minimum Gasteiger partial charge on any atom is -0.508 e. The molecule has 0 heterocycles. The molecule has 37 heavy (non-hydrogen) atoms. The lowest BCUT2D eigenvalue weighted by Crippen LogP contribution is -2.50. The molecule has 0 saturated heterocycles. The standard InChI is InChI=1S/C27H33N3O7/c1-16-12-19(28)6-9-21(16)23(32)29-15-18(24(33)34)14-27(10-2-3-11-27)26(37)30-22(25(35)36)13-17-4-7-20(31)8-5-17/h4-9,12,18,22,31H,2-3,10-11,13-15,28H2,1H3,(H,29,32)(H,30,37)(H,33,34)(H,35,36)/t18-,22-/m0/s1. The lowest BCUT2D eigenvalue weighted by Gasteiger charge is -2.32. The number of phenols is 1. The van der Waals surface area contributed by atoms with Crippen molar-refractivity contribution in [1.29, 1.82) is 0 Å². The number of carbonyl (C=O) groups is 4. The van der Waals surface area contributed by atoms with Crippen LogP contribution in [-0.4, -0.2) is 51.7 Å². The number of aryl methyl sites for hydroxylation is 1. The van der Waals surface area contributed by atoms with Crippen LogP contribution in [0.3, 0.4) is 0 Å². The molecule has 2 amide bonds. The summed E-state index contributed by atoms with van der Waals surface area (Å²) in [5, 5.41) is 34.3. The van der Waals surface area contributed by atoms with Crippen molar-refractivity contribution in [3.05, 3.63) is 59.2 Å². The molecule has 198 valence electrons. The summed E-state index contributed by atoms with van der Waals surface area (Å²) in [5.74, 6) is -4.29. The molecular weight excluding hydrogens is 478 g/mol. The molecule has 2 aromatic rings. The van der Waals surface area contributed by atoms with Crippen LogP contribution in [0.15, 0.2) is 42.5 Å². The fraction of sp³-hybridized carbons (Fsp3) is 0.407. The van der Waals surface area contributed by atoms with Gasteiger partial charge < -0.3 is 31.7 Å². The van der Waals surface area contributed by atoms with E-state index in [0.717, 1.165) is 0 Å². The number of carboxylic acid groups (broad SMARTS) is 2.